The second-order valence-electron chi connectivity index (χ2n) is 5.81. The summed E-state index contributed by atoms with van der Waals surface area (Å²) in [6.45, 7) is 3.91. The molecule has 0 aliphatic heterocycles. The number of hydrogen-bond donors (Lipinski definition) is 1. The lowest BCUT2D eigenvalue weighted by Gasteiger charge is -2.34. The van der Waals surface area contributed by atoms with E-state index in [1.165, 1.54) is 12.1 Å². The Balaban J connectivity index is 2.16. The highest BCUT2D eigenvalue weighted by molar-refractivity contribution is 5.95. The molecule has 1 N–H and O–H groups in total. The molecule has 0 atom stereocenters. The molecule has 3 nitrogen and oxygen atoms in total. The predicted molar refractivity (Wildman–Crippen MR) is 74.6 cm³/mol. The Bertz CT molecular complexity index is 554. The minimum Gasteiger partial charge on any atom is -0.334 e. The third-order valence-corrected chi connectivity index (χ3v) is 4.06. The zero-order chi connectivity index (χ0) is 14.8. The SMILES string of the molecule is Cc1ccc(C(=O)NC2(C#N)CCC(C)CC2)c(F)c1. The van der Waals surface area contributed by atoms with Crippen LogP contribution >= 0.6 is 0 Å². The van der Waals surface area contributed by atoms with Crippen molar-refractivity contribution in [2.45, 2.75) is 45.1 Å². The number of rotatable bonds is 2. The van der Waals surface area contributed by atoms with Crippen molar-refractivity contribution < 1.29 is 9.18 Å². The van der Waals surface area contributed by atoms with Crippen LogP contribution in [0.15, 0.2) is 18.2 Å². The minimum atomic E-state index is -0.846. The van der Waals surface area contributed by atoms with E-state index < -0.39 is 17.3 Å². The van der Waals surface area contributed by atoms with Gasteiger partial charge in [0.25, 0.3) is 5.91 Å². The summed E-state index contributed by atoms with van der Waals surface area (Å²) in [6.07, 6.45) is 3.07. The number of benzene rings is 1. The second kappa shape index (κ2) is 5.62. The van der Waals surface area contributed by atoms with Crippen LogP contribution in [0.2, 0.25) is 0 Å². The van der Waals surface area contributed by atoms with E-state index in [0.29, 0.717) is 18.8 Å². The van der Waals surface area contributed by atoms with Gasteiger partial charge in [-0.25, -0.2) is 4.39 Å². The van der Waals surface area contributed by atoms with Crippen molar-refractivity contribution in [2.24, 2.45) is 5.92 Å². The number of nitrogens with one attached hydrogen (secondary N) is 1. The maximum atomic E-state index is 13.8. The lowest BCUT2D eigenvalue weighted by molar-refractivity contribution is 0.0890. The molecule has 1 aliphatic carbocycles. The van der Waals surface area contributed by atoms with Crippen LogP contribution in [0.5, 0.6) is 0 Å². The number of nitrogens with zero attached hydrogens (tertiary/aromatic N) is 1. The summed E-state index contributed by atoms with van der Waals surface area (Å²) < 4.78 is 13.8. The molecule has 0 spiro atoms. The maximum Gasteiger partial charge on any atom is 0.255 e. The van der Waals surface area contributed by atoms with Crippen LogP contribution in [0.3, 0.4) is 0 Å². The molecular weight excluding hydrogens is 255 g/mol. The Morgan fingerprint density at radius 3 is 2.65 bits per heavy atom. The minimum absolute atomic E-state index is 0.00356. The summed E-state index contributed by atoms with van der Waals surface area (Å²) in [7, 11) is 0. The van der Waals surface area contributed by atoms with Crippen LogP contribution in [-0.4, -0.2) is 11.4 Å². The van der Waals surface area contributed by atoms with E-state index >= 15 is 0 Å². The first kappa shape index (κ1) is 14.5. The highest BCUT2D eigenvalue weighted by atomic mass is 19.1. The zero-order valence-corrected chi connectivity index (χ0v) is 11.9. The van der Waals surface area contributed by atoms with Gasteiger partial charge in [-0.05, 0) is 56.2 Å². The van der Waals surface area contributed by atoms with E-state index in [1.807, 2.05) is 0 Å². The summed E-state index contributed by atoms with van der Waals surface area (Å²) in [5.41, 5.74) is -0.0784. The molecule has 1 fully saturated rings. The third-order valence-electron chi connectivity index (χ3n) is 4.06. The molecule has 2 rings (SSSR count). The number of amides is 1. The second-order valence-corrected chi connectivity index (χ2v) is 5.81. The number of nitriles is 1. The normalized spacial score (nSPS) is 25.8. The molecule has 0 aromatic heterocycles. The van der Waals surface area contributed by atoms with Gasteiger partial charge in [-0.3, -0.25) is 4.79 Å². The van der Waals surface area contributed by atoms with Crippen molar-refractivity contribution in [1.82, 2.24) is 5.32 Å². The van der Waals surface area contributed by atoms with Gasteiger partial charge in [-0.2, -0.15) is 5.26 Å². The average molecular weight is 274 g/mol. The fourth-order valence-electron chi connectivity index (χ4n) is 2.61. The zero-order valence-electron chi connectivity index (χ0n) is 11.9. The number of halogens is 1. The van der Waals surface area contributed by atoms with Gasteiger partial charge in [0.15, 0.2) is 0 Å². The van der Waals surface area contributed by atoms with E-state index in [0.717, 1.165) is 18.4 Å². The standard InChI is InChI=1S/C16H19FN2O/c1-11-5-7-16(10-18,8-6-11)19-15(20)13-4-3-12(2)9-14(13)17/h3-4,9,11H,5-8H2,1-2H3,(H,19,20). The van der Waals surface area contributed by atoms with Gasteiger partial charge in [0.2, 0.25) is 0 Å². The molecule has 1 aromatic carbocycles. The number of aryl methyl sites for hydroxylation is 1. The predicted octanol–water partition coefficient (Wildman–Crippen LogP) is 3.34. The van der Waals surface area contributed by atoms with Gasteiger partial charge >= 0.3 is 0 Å². The highest BCUT2D eigenvalue weighted by Crippen LogP contribution is 2.31. The summed E-state index contributed by atoms with van der Waals surface area (Å²) in [5.74, 6) is -0.470. The Morgan fingerprint density at radius 1 is 1.45 bits per heavy atom. The largest absolute Gasteiger partial charge is 0.334 e. The van der Waals surface area contributed by atoms with Crippen LogP contribution in [0.25, 0.3) is 0 Å². The first-order valence-electron chi connectivity index (χ1n) is 6.96. The maximum absolute atomic E-state index is 13.8. The van der Waals surface area contributed by atoms with Gasteiger partial charge in [0, 0.05) is 0 Å². The van der Waals surface area contributed by atoms with Gasteiger partial charge in [-0.1, -0.05) is 13.0 Å². The third kappa shape index (κ3) is 2.98. The van der Waals surface area contributed by atoms with Crippen LogP contribution < -0.4 is 5.32 Å². The molecule has 4 heteroatoms. The summed E-state index contributed by atoms with van der Waals surface area (Å²) in [6, 6.07) is 6.71. The number of hydrogen-bond acceptors (Lipinski definition) is 2. The van der Waals surface area contributed by atoms with Crippen molar-refractivity contribution in [2.75, 3.05) is 0 Å². The lowest BCUT2D eigenvalue weighted by Crippen LogP contribution is -2.49. The Morgan fingerprint density at radius 2 is 2.10 bits per heavy atom. The van der Waals surface area contributed by atoms with Gasteiger partial charge in [-0.15, -0.1) is 0 Å². The molecule has 106 valence electrons. The summed E-state index contributed by atoms with van der Waals surface area (Å²) in [5, 5.41) is 12.1. The van der Waals surface area contributed by atoms with Gasteiger partial charge < -0.3 is 5.32 Å². The average Bonchev–Trinajstić information content (AvgIpc) is 2.41. The summed E-state index contributed by atoms with van der Waals surface area (Å²) in [4.78, 5) is 12.2. The Kier molecular flexibility index (Phi) is 4.08. The van der Waals surface area contributed by atoms with Crippen molar-refractivity contribution in [1.29, 1.82) is 5.26 Å². The molecule has 0 heterocycles. The van der Waals surface area contributed by atoms with Crippen molar-refractivity contribution in [3.63, 3.8) is 0 Å². The van der Waals surface area contributed by atoms with Gasteiger partial charge in [0.1, 0.15) is 11.4 Å². The first-order valence-corrected chi connectivity index (χ1v) is 6.96. The summed E-state index contributed by atoms with van der Waals surface area (Å²) >= 11 is 0. The van der Waals surface area contributed by atoms with Crippen LogP contribution in [0, 0.1) is 30.0 Å². The molecule has 1 saturated carbocycles. The van der Waals surface area contributed by atoms with Crippen molar-refractivity contribution in [3.05, 3.63) is 35.1 Å². The fourth-order valence-corrected chi connectivity index (χ4v) is 2.61. The molecule has 0 radical (unpaired) electrons. The lowest BCUT2D eigenvalue weighted by atomic mass is 9.78. The number of carbonyl (C=O) groups excluding carboxylic acids is 1. The molecule has 0 saturated heterocycles. The topological polar surface area (TPSA) is 52.9 Å². The van der Waals surface area contributed by atoms with E-state index in [2.05, 4.69) is 18.3 Å². The fraction of sp³-hybridized carbons (Fsp3) is 0.500. The van der Waals surface area contributed by atoms with E-state index in [4.69, 9.17) is 0 Å². The van der Waals surface area contributed by atoms with Crippen LogP contribution in [0.4, 0.5) is 4.39 Å². The van der Waals surface area contributed by atoms with Crippen LogP contribution in [-0.2, 0) is 0 Å². The molecule has 1 amide bonds. The van der Waals surface area contributed by atoms with E-state index in [9.17, 15) is 14.4 Å². The highest BCUT2D eigenvalue weighted by Gasteiger charge is 2.36. The molecule has 1 aromatic rings. The number of carbonyl (C=O) groups is 1. The van der Waals surface area contributed by atoms with Gasteiger partial charge in [0.05, 0.1) is 11.6 Å². The Labute approximate surface area is 118 Å². The van der Waals surface area contributed by atoms with E-state index in [-0.39, 0.29) is 5.56 Å². The molecule has 20 heavy (non-hydrogen) atoms. The molecule has 0 unspecified atom stereocenters. The monoisotopic (exact) mass is 274 g/mol. The van der Waals surface area contributed by atoms with Crippen molar-refractivity contribution >= 4 is 5.91 Å². The quantitative estimate of drug-likeness (QED) is 0.899. The molecule has 0 bridgehead atoms. The first-order chi connectivity index (χ1) is 9.46. The molecular formula is C16H19FN2O. The molecule has 1 aliphatic rings. The van der Waals surface area contributed by atoms with Crippen molar-refractivity contribution in [3.8, 4) is 6.07 Å². The smallest absolute Gasteiger partial charge is 0.255 e. The van der Waals surface area contributed by atoms with Crippen LogP contribution in [0.1, 0.15) is 48.5 Å². The Hall–Kier alpha value is -1.89. The van der Waals surface area contributed by atoms with E-state index in [1.54, 1.807) is 13.0 Å².